The molecule has 0 saturated heterocycles. The second kappa shape index (κ2) is 8.84. The second-order valence-electron chi connectivity index (χ2n) is 6.52. The number of nitrogens with one attached hydrogen (secondary N) is 1. The van der Waals surface area contributed by atoms with Gasteiger partial charge in [0.15, 0.2) is 0 Å². The van der Waals surface area contributed by atoms with Gasteiger partial charge in [0.05, 0.1) is 10.9 Å². The van der Waals surface area contributed by atoms with E-state index in [1.165, 1.54) is 38.4 Å². The fraction of sp³-hybridized carbons (Fsp3) is 0.316. The zero-order valence-electron chi connectivity index (χ0n) is 15.8. The summed E-state index contributed by atoms with van der Waals surface area (Å²) in [5.41, 5.74) is 1.32. The van der Waals surface area contributed by atoms with Gasteiger partial charge in [0.2, 0.25) is 10.0 Å². The molecule has 146 valence electrons. The highest BCUT2D eigenvalue weighted by Gasteiger charge is 2.20. The van der Waals surface area contributed by atoms with Crippen LogP contribution in [0.4, 0.5) is 0 Å². The molecule has 0 heterocycles. The molecule has 2 aromatic rings. The topological polar surface area (TPSA) is 69.7 Å². The van der Waals surface area contributed by atoms with Crippen LogP contribution in [0, 0.1) is 0 Å². The Labute approximate surface area is 165 Å². The molecule has 0 aliphatic heterocycles. The van der Waals surface area contributed by atoms with Crippen LogP contribution in [-0.4, -0.2) is 58.3 Å². The maximum atomic E-state index is 12.5. The summed E-state index contributed by atoms with van der Waals surface area (Å²) in [5.74, 6) is -0.275. The molecule has 2 rings (SSSR count). The fourth-order valence-electron chi connectivity index (χ4n) is 2.60. The van der Waals surface area contributed by atoms with Crippen LogP contribution in [-0.2, 0) is 10.0 Å². The van der Waals surface area contributed by atoms with Crippen molar-refractivity contribution in [2.75, 3.05) is 34.7 Å². The Balaban J connectivity index is 2.11. The Hall–Kier alpha value is -1.93. The van der Waals surface area contributed by atoms with Gasteiger partial charge in [0, 0.05) is 31.2 Å². The molecule has 8 heteroatoms. The van der Waals surface area contributed by atoms with Crippen molar-refractivity contribution in [3.05, 3.63) is 64.7 Å². The highest BCUT2D eigenvalue weighted by Crippen LogP contribution is 2.25. The minimum absolute atomic E-state index is 0.0870. The van der Waals surface area contributed by atoms with E-state index in [-0.39, 0.29) is 16.8 Å². The van der Waals surface area contributed by atoms with Crippen molar-refractivity contribution >= 4 is 27.5 Å². The number of sulfonamides is 1. The number of nitrogens with zero attached hydrogens (tertiary/aromatic N) is 2. The van der Waals surface area contributed by atoms with Gasteiger partial charge in [0.1, 0.15) is 0 Å². The summed E-state index contributed by atoms with van der Waals surface area (Å²) in [6.45, 7) is 0.368. The van der Waals surface area contributed by atoms with Gasteiger partial charge in [-0.1, -0.05) is 29.8 Å². The lowest BCUT2D eigenvalue weighted by molar-refractivity contribution is 0.0942. The molecule has 0 radical (unpaired) electrons. The molecule has 2 aromatic carbocycles. The van der Waals surface area contributed by atoms with Gasteiger partial charge in [-0.2, -0.15) is 0 Å². The summed E-state index contributed by atoms with van der Waals surface area (Å²) in [5, 5.41) is 3.53. The fourth-order valence-corrected chi connectivity index (χ4v) is 3.76. The third kappa shape index (κ3) is 5.07. The maximum Gasteiger partial charge on any atom is 0.251 e. The van der Waals surface area contributed by atoms with E-state index in [9.17, 15) is 13.2 Å². The van der Waals surface area contributed by atoms with Crippen LogP contribution < -0.4 is 5.32 Å². The summed E-state index contributed by atoms with van der Waals surface area (Å²) >= 11 is 6.28. The van der Waals surface area contributed by atoms with Crippen LogP contribution in [0.1, 0.15) is 22.0 Å². The molecule has 27 heavy (non-hydrogen) atoms. The minimum atomic E-state index is -3.52. The maximum absolute atomic E-state index is 12.5. The molecular formula is C19H24ClN3O3S. The van der Waals surface area contributed by atoms with E-state index in [1.54, 1.807) is 0 Å². The lowest BCUT2D eigenvalue weighted by atomic mass is 10.1. The molecule has 1 unspecified atom stereocenters. The lowest BCUT2D eigenvalue weighted by Gasteiger charge is -2.26. The van der Waals surface area contributed by atoms with E-state index in [0.717, 1.165) is 9.87 Å². The number of amides is 1. The minimum Gasteiger partial charge on any atom is -0.350 e. The van der Waals surface area contributed by atoms with Gasteiger partial charge in [-0.3, -0.25) is 4.79 Å². The van der Waals surface area contributed by atoms with Crippen molar-refractivity contribution in [1.29, 1.82) is 0 Å². The van der Waals surface area contributed by atoms with Crippen molar-refractivity contribution < 1.29 is 13.2 Å². The molecule has 0 aliphatic carbocycles. The van der Waals surface area contributed by atoms with Crippen LogP contribution in [0.3, 0.4) is 0 Å². The SMILES string of the molecule is CN(C)C(CNC(=O)c1ccc(S(=O)(=O)N(C)C)cc1)c1ccccc1Cl. The molecule has 0 fully saturated rings. The standard InChI is InChI=1S/C19H24ClN3O3S/c1-22(2)18(16-7-5-6-8-17(16)20)13-21-19(24)14-9-11-15(12-10-14)27(25,26)23(3)4/h5-12,18H,13H2,1-4H3,(H,21,24). The second-order valence-corrected chi connectivity index (χ2v) is 9.08. The Morgan fingerprint density at radius 2 is 1.63 bits per heavy atom. The molecule has 0 saturated carbocycles. The first-order valence-corrected chi connectivity index (χ1v) is 10.2. The number of rotatable bonds is 7. The van der Waals surface area contributed by atoms with Crippen LogP contribution in [0.5, 0.6) is 0 Å². The van der Waals surface area contributed by atoms with Gasteiger partial charge in [-0.05, 0) is 50.0 Å². The Kier molecular flexibility index (Phi) is 7.00. The van der Waals surface area contributed by atoms with Crippen LogP contribution in [0.2, 0.25) is 5.02 Å². The zero-order valence-corrected chi connectivity index (χ0v) is 17.4. The summed E-state index contributed by atoms with van der Waals surface area (Å²) in [6, 6.07) is 13.3. The van der Waals surface area contributed by atoms with Crippen molar-refractivity contribution in [1.82, 2.24) is 14.5 Å². The van der Waals surface area contributed by atoms with E-state index < -0.39 is 10.0 Å². The van der Waals surface area contributed by atoms with E-state index in [4.69, 9.17) is 11.6 Å². The first kappa shape index (κ1) is 21.4. The summed E-state index contributed by atoms with van der Waals surface area (Å²) in [4.78, 5) is 14.6. The predicted octanol–water partition coefficient (Wildman–Crippen LogP) is 2.62. The predicted molar refractivity (Wildman–Crippen MR) is 108 cm³/mol. The average molecular weight is 410 g/mol. The lowest BCUT2D eigenvalue weighted by Crippen LogP contribution is -2.34. The molecule has 6 nitrogen and oxygen atoms in total. The number of benzene rings is 2. The smallest absolute Gasteiger partial charge is 0.251 e. The van der Waals surface area contributed by atoms with Crippen molar-refractivity contribution in [3.63, 3.8) is 0 Å². The monoisotopic (exact) mass is 409 g/mol. The number of carbonyl (C=O) groups is 1. The van der Waals surface area contributed by atoms with Gasteiger partial charge < -0.3 is 10.2 Å². The first-order chi connectivity index (χ1) is 12.6. The van der Waals surface area contributed by atoms with Crippen molar-refractivity contribution in [3.8, 4) is 0 Å². The van der Waals surface area contributed by atoms with Crippen molar-refractivity contribution in [2.45, 2.75) is 10.9 Å². The molecule has 1 amide bonds. The van der Waals surface area contributed by atoms with Gasteiger partial charge in [-0.15, -0.1) is 0 Å². The molecule has 0 spiro atoms. The molecule has 1 atom stereocenters. The van der Waals surface area contributed by atoms with Crippen LogP contribution in [0.15, 0.2) is 53.4 Å². The third-order valence-electron chi connectivity index (χ3n) is 4.24. The van der Waals surface area contributed by atoms with Crippen molar-refractivity contribution in [2.24, 2.45) is 0 Å². The van der Waals surface area contributed by atoms with Crippen LogP contribution in [0.25, 0.3) is 0 Å². The molecule has 1 N–H and O–H groups in total. The third-order valence-corrected chi connectivity index (χ3v) is 6.41. The van der Waals surface area contributed by atoms with Gasteiger partial charge in [-0.25, -0.2) is 12.7 Å². The summed E-state index contributed by atoms with van der Waals surface area (Å²) < 4.78 is 25.3. The normalized spacial score (nSPS) is 13.0. The molecule has 0 aliphatic rings. The Morgan fingerprint density at radius 3 is 2.15 bits per heavy atom. The van der Waals surface area contributed by atoms with Gasteiger partial charge in [0.25, 0.3) is 5.91 Å². The van der Waals surface area contributed by atoms with E-state index >= 15 is 0 Å². The number of hydrogen-bond donors (Lipinski definition) is 1. The number of carbonyl (C=O) groups excluding carboxylic acids is 1. The Morgan fingerprint density at radius 1 is 1.04 bits per heavy atom. The van der Waals surface area contributed by atoms with Crippen LogP contribution >= 0.6 is 11.6 Å². The molecular weight excluding hydrogens is 386 g/mol. The average Bonchev–Trinajstić information content (AvgIpc) is 2.62. The number of halogens is 1. The molecule has 0 bridgehead atoms. The number of likely N-dealkylation sites (N-methyl/N-ethyl adjacent to an activating group) is 1. The largest absolute Gasteiger partial charge is 0.350 e. The number of hydrogen-bond acceptors (Lipinski definition) is 4. The highest BCUT2D eigenvalue weighted by molar-refractivity contribution is 7.89. The molecule has 0 aromatic heterocycles. The quantitative estimate of drug-likeness (QED) is 0.763. The van der Waals surface area contributed by atoms with Gasteiger partial charge >= 0.3 is 0 Å². The zero-order chi connectivity index (χ0) is 20.2. The van der Waals surface area contributed by atoms with E-state index in [0.29, 0.717) is 17.1 Å². The first-order valence-electron chi connectivity index (χ1n) is 8.36. The summed E-state index contributed by atoms with van der Waals surface area (Å²) in [7, 11) is 3.25. The van der Waals surface area contributed by atoms with E-state index in [1.807, 2.05) is 43.3 Å². The summed E-state index contributed by atoms with van der Waals surface area (Å²) in [6.07, 6.45) is 0. The Bertz CT molecular complexity index is 897. The van der Waals surface area contributed by atoms with E-state index in [2.05, 4.69) is 5.32 Å². The highest BCUT2D eigenvalue weighted by atomic mass is 35.5.